The first kappa shape index (κ1) is 19.7. The largest absolute Gasteiger partial charge is 0.436 e. The molecule has 0 aliphatic carbocycles. The number of carbonyl (C=O) groups excluding carboxylic acids is 1. The van der Waals surface area contributed by atoms with Crippen LogP contribution in [0.4, 0.5) is 0 Å². The molecule has 1 aromatic heterocycles. The number of amides is 1. The molecule has 2 atom stereocenters. The molecule has 6 heteroatoms. The lowest BCUT2D eigenvalue weighted by molar-refractivity contribution is 0.0924. The van der Waals surface area contributed by atoms with Crippen molar-refractivity contribution in [2.45, 2.75) is 43.8 Å². The summed E-state index contributed by atoms with van der Waals surface area (Å²) < 4.78 is 5.98. The van der Waals surface area contributed by atoms with Gasteiger partial charge in [-0.1, -0.05) is 42.5 Å². The SMILES string of the molecule is Cl.O=C(NC1CC2CCC(C1)N2)c1ccccc1-c1ncc(-c2ccccc2)o1. The molecule has 2 unspecified atom stereocenters. The van der Waals surface area contributed by atoms with Gasteiger partial charge in [0, 0.05) is 29.3 Å². The van der Waals surface area contributed by atoms with Crippen molar-refractivity contribution in [3.05, 3.63) is 66.4 Å². The second kappa shape index (κ2) is 8.39. The van der Waals surface area contributed by atoms with E-state index in [0.29, 0.717) is 29.3 Å². The molecule has 3 aromatic rings. The van der Waals surface area contributed by atoms with Crippen molar-refractivity contribution in [1.82, 2.24) is 15.6 Å². The third-order valence-corrected chi connectivity index (χ3v) is 5.77. The molecule has 2 aliphatic heterocycles. The number of hydrogen-bond donors (Lipinski definition) is 2. The number of aromatic nitrogens is 1. The van der Waals surface area contributed by atoms with Crippen molar-refractivity contribution in [1.29, 1.82) is 0 Å². The Labute approximate surface area is 176 Å². The van der Waals surface area contributed by atoms with E-state index in [-0.39, 0.29) is 24.4 Å². The van der Waals surface area contributed by atoms with E-state index >= 15 is 0 Å². The second-order valence-corrected chi connectivity index (χ2v) is 7.72. The van der Waals surface area contributed by atoms with Gasteiger partial charge >= 0.3 is 0 Å². The lowest BCUT2D eigenvalue weighted by atomic mass is 9.98. The van der Waals surface area contributed by atoms with Crippen molar-refractivity contribution in [2.75, 3.05) is 0 Å². The zero-order valence-corrected chi connectivity index (χ0v) is 16.8. The number of hydrogen-bond acceptors (Lipinski definition) is 4. The number of rotatable bonds is 4. The van der Waals surface area contributed by atoms with E-state index in [1.54, 1.807) is 6.20 Å². The summed E-state index contributed by atoms with van der Waals surface area (Å²) in [5.74, 6) is 1.11. The van der Waals surface area contributed by atoms with Crippen molar-refractivity contribution in [3.63, 3.8) is 0 Å². The van der Waals surface area contributed by atoms with Gasteiger partial charge in [0.05, 0.1) is 11.8 Å². The van der Waals surface area contributed by atoms with Crippen LogP contribution in [0, 0.1) is 0 Å². The fourth-order valence-electron chi connectivity index (χ4n) is 4.44. The first-order chi connectivity index (χ1) is 13.8. The first-order valence-electron chi connectivity index (χ1n) is 9.94. The fraction of sp³-hybridized carbons (Fsp3) is 0.304. The van der Waals surface area contributed by atoms with Crippen LogP contribution in [0.2, 0.25) is 0 Å². The number of benzene rings is 2. The number of fused-ring (bicyclic) bond motifs is 2. The number of piperidine rings is 1. The topological polar surface area (TPSA) is 67.2 Å². The van der Waals surface area contributed by atoms with Gasteiger partial charge in [0.15, 0.2) is 5.76 Å². The summed E-state index contributed by atoms with van der Waals surface area (Å²) in [5.41, 5.74) is 2.29. The molecule has 5 nitrogen and oxygen atoms in total. The van der Waals surface area contributed by atoms with Gasteiger partial charge in [-0.05, 0) is 37.8 Å². The maximum absolute atomic E-state index is 13.0. The highest BCUT2D eigenvalue weighted by Gasteiger charge is 2.34. The van der Waals surface area contributed by atoms with Crippen LogP contribution >= 0.6 is 12.4 Å². The van der Waals surface area contributed by atoms with Crippen LogP contribution in [0.25, 0.3) is 22.8 Å². The molecule has 2 aliphatic rings. The standard InChI is InChI=1S/C23H23N3O2.ClH/c27-22(26-18-12-16-10-11-17(13-18)25-16)19-8-4-5-9-20(19)23-24-14-21(28-23)15-6-2-1-3-7-15;/h1-9,14,16-18,25H,10-13H2,(H,26,27);1H. The van der Waals surface area contributed by atoms with Crippen LogP contribution in [0.15, 0.2) is 65.2 Å². The molecule has 2 fully saturated rings. The van der Waals surface area contributed by atoms with Gasteiger partial charge in [0.1, 0.15) is 0 Å². The van der Waals surface area contributed by atoms with Gasteiger partial charge in [-0.3, -0.25) is 4.79 Å². The second-order valence-electron chi connectivity index (χ2n) is 7.72. The summed E-state index contributed by atoms with van der Waals surface area (Å²) >= 11 is 0. The van der Waals surface area contributed by atoms with E-state index < -0.39 is 0 Å². The molecule has 150 valence electrons. The lowest BCUT2D eigenvalue weighted by Gasteiger charge is -2.29. The maximum Gasteiger partial charge on any atom is 0.252 e. The molecule has 5 rings (SSSR count). The van der Waals surface area contributed by atoms with E-state index in [0.717, 1.165) is 24.0 Å². The van der Waals surface area contributed by atoms with E-state index in [2.05, 4.69) is 15.6 Å². The third-order valence-electron chi connectivity index (χ3n) is 5.77. The normalized spacial score (nSPS) is 22.7. The average molecular weight is 410 g/mol. The van der Waals surface area contributed by atoms with Gasteiger partial charge in [0.2, 0.25) is 5.89 Å². The van der Waals surface area contributed by atoms with Gasteiger partial charge in [-0.15, -0.1) is 12.4 Å². The van der Waals surface area contributed by atoms with Gasteiger partial charge < -0.3 is 15.1 Å². The van der Waals surface area contributed by atoms with Gasteiger partial charge in [0.25, 0.3) is 5.91 Å². The molecule has 3 heterocycles. The van der Waals surface area contributed by atoms with Crippen molar-refractivity contribution in [3.8, 4) is 22.8 Å². The third kappa shape index (κ3) is 4.07. The minimum absolute atomic E-state index is 0. The molecule has 0 radical (unpaired) electrons. The Morgan fingerprint density at radius 2 is 1.69 bits per heavy atom. The number of halogens is 1. The minimum Gasteiger partial charge on any atom is -0.436 e. The Hall–Kier alpha value is -2.63. The summed E-state index contributed by atoms with van der Waals surface area (Å²) in [6.07, 6.45) is 6.14. The van der Waals surface area contributed by atoms with Crippen LogP contribution in [0.3, 0.4) is 0 Å². The number of nitrogens with one attached hydrogen (secondary N) is 2. The Bertz CT molecular complexity index is 977. The van der Waals surface area contributed by atoms with E-state index in [9.17, 15) is 4.79 Å². The van der Waals surface area contributed by atoms with Crippen molar-refractivity contribution < 1.29 is 9.21 Å². The van der Waals surface area contributed by atoms with Crippen LogP contribution in [0.5, 0.6) is 0 Å². The summed E-state index contributed by atoms with van der Waals surface area (Å²) in [7, 11) is 0. The molecule has 2 N–H and O–H groups in total. The van der Waals surface area contributed by atoms with E-state index in [1.807, 2.05) is 54.6 Å². The predicted octanol–water partition coefficient (Wildman–Crippen LogP) is 4.44. The highest BCUT2D eigenvalue weighted by Crippen LogP contribution is 2.30. The molecular formula is C23H24ClN3O2. The van der Waals surface area contributed by atoms with Crippen LogP contribution in [0.1, 0.15) is 36.0 Å². The quantitative estimate of drug-likeness (QED) is 0.668. The molecule has 0 spiro atoms. The lowest BCUT2D eigenvalue weighted by Crippen LogP contribution is -2.48. The van der Waals surface area contributed by atoms with Crippen molar-refractivity contribution in [2.24, 2.45) is 0 Å². The Morgan fingerprint density at radius 3 is 2.45 bits per heavy atom. The van der Waals surface area contributed by atoms with Crippen molar-refractivity contribution >= 4 is 18.3 Å². The first-order valence-corrected chi connectivity index (χ1v) is 9.94. The zero-order chi connectivity index (χ0) is 18.9. The zero-order valence-electron chi connectivity index (χ0n) is 16.0. The summed E-state index contributed by atoms with van der Waals surface area (Å²) in [6, 6.07) is 18.7. The molecule has 2 bridgehead atoms. The number of oxazole rings is 1. The summed E-state index contributed by atoms with van der Waals surface area (Å²) in [6.45, 7) is 0. The highest BCUT2D eigenvalue weighted by molar-refractivity contribution is 6.00. The number of carbonyl (C=O) groups is 1. The maximum atomic E-state index is 13.0. The smallest absolute Gasteiger partial charge is 0.252 e. The molecule has 2 saturated heterocycles. The molecular weight excluding hydrogens is 386 g/mol. The Balaban J connectivity index is 0.00000205. The predicted molar refractivity (Wildman–Crippen MR) is 115 cm³/mol. The summed E-state index contributed by atoms with van der Waals surface area (Å²) in [5, 5.41) is 6.85. The van der Waals surface area contributed by atoms with Gasteiger partial charge in [-0.25, -0.2) is 4.98 Å². The van der Waals surface area contributed by atoms with E-state index in [4.69, 9.17) is 4.42 Å². The highest BCUT2D eigenvalue weighted by atomic mass is 35.5. The average Bonchev–Trinajstić information content (AvgIpc) is 3.35. The molecule has 1 amide bonds. The minimum atomic E-state index is -0.0543. The van der Waals surface area contributed by atoms with Crippen LogP contribution in [-0.2, 0) is 0 Å². The molecule has 29 heavy (non-hydrogen) atoms. The van der Waals surface area contributed by atoms with Crippen LogP contribution < -0.4 is 10.6 Å². The Kier molecular flexibility index (Phi) is 5.69. The molecule has 0 saturated carbocycles. The fourth-order valence-corrected chi connectivity index (χ4v) is 4.44. The monoisotopic (exact) mass is 409 g/mol. The summed E-state index contributed by atoms with van der Waals surface area (Å²) in [4.78, 5) is 17.4. The van der Waals surface area contributed by atoms with Crippen LogP contribution in [-0.4, -0.2) is 29.0 Å². The van der Waals surface area contributed by atoms with Gasteiger partial charge in [-0.2, -0.15) is 0 Å². The Morgan fingerprint density at radius 1 is 1.00 bits per heavy atom. The number of nitrogens with zero attached hydrogens (tertiary/aromatic N) is 1. The molecule has 2 aromatic carbocycles. The van der Waals surface area contributed by atoms with E-state index in [1.165, 1.54) is 12.8 Å².